The Morgan fingerprint density at radius 1 is 0.276 bits per heavy atom. The van der Waals surface area contributed by atoms with Crippen LogP contribution in [-0.2, 0) is 85.6 Å². The number of esters is 6. The van der Waals surface area contributed by atoms with Gasteiger partial charge in [0.25, 0.3) is 0 Å². The van der Waals surface area contributed by atoms with Crippen LogP contribution in [-0.4, -0.2) is 245 Å². The Balaban J connectivity index is 4.21. The topological polar surface area (TPSA) is 254 Å². The molecule has 0 aromatic rings. The molecule has 0 fully saturated rings. The van der Waals surface area contributed by atoms with Crippen molar-refractivity contribution in [2.45, 2.75) is 219 Å². The van der Waals surface area contributed by atoms with Gasteiger partial charge >= 0.3 is 35.8 Å². The number of aliphatic hydroxyl groups is 2. The molecule has 578 valence electrons. The summed E-state index contributed by atoms with van der Waals surface area (Å²) >= 11 is 10.9. The molecule has 98 heavy (non-hydrogen) atoms. The number of hydrogen-bond donors (Lipinski definition) is 2. The molecule has 0 aromatic heterocycles. The minimum Gasteiger partial charge on any atom is -0.466 e. The molecule has 0 radical (unpaired) electrons. The Kier molecular flexibility index (Phi) is 71.5. The third kappa shape index (κ3) is 66.5. The molecular formula is C72H134O20S6. The zero-order valence-corrected chi connectivity index (χ0v) is 66.6. The standard InChI is InChI=1S/C72H134O20S6/c1-59(2)91-71(79)65(23-15-35-87-67(75)29-9-11-33-89-69(77)63(21-13-31-73)25-17-49-93-53-45-83-39-41-85-47-57-97-61(5)6)27-19-51-95-55-43-81-37-38-82-44-56-96-52-20-28-66(72(80)92-60(3)4)24-16-36-88-68(76)30-10-12-34-90-70(78)64(22-14-32-74)26-18-50-94-54-46-84-40-42-86-48-58-98-62(7)8/h59-66,73-74H,9-58H2,1-8H3. The van der Waals surface area contributed by atoms with E-state index in [2.05, 4.69) is 27.7 Å². The summed E-state index contributed by atoms with van der Waals surface area (Å²) in [4.78, 5) is 76.7. The first-order valence-electron chi connectivity index (χ1n) is 36.8. The van der Waals surface area contributed by atoms with Crippen molar-refractivity contribution in [3.63, 3.8) is 0 Å². The van der Waals surface area contributed by atoms with Gasteiger partial charge in [-0.3, -0.25) is 28.8 Å². The summed E-state index contributed by atoms with van der Waals surface area (Å²) in [6, 6.07) is 0. The van der Waals surface area contributed by atoms with Gasteiger partial charge in [0, 0.05) is 60.6 Å². The highest BCUT2D eigenvalue weighted by Crippen LogP contribution is 2.23. The number of ether oxygens (including phenoxy) is 12. The summed E-state index contributed by atoms with van der Waals surface area (Å²) in [6.45, 7) is 24.5. The van der Waals surface area contributed by atoms with E-state index in [0.29, 0.717) is 179 Å². The van der Waals surface area contributed by atoms with E-state index in [-0.39, 0.29) is 124 Å². The van der Waals surface area contributed by atoms with Crippen LogP contribution in [0.2, 0.25) is 0 Å². The molecule has 0 saturated heterocycles. The van der Waals surface area contributed by atoms with Crippen LogP contribution >= 0.6 is 70.6 Å². The lowest BCUT2D eigenvalue weighted by Crippen LogP contribution is -2.22. The number of rotatable bonds is 75. The van der Waals surface area contributed by atoms with E-state index in [1.54, 1.807) is 47.0 Å². The molecule has 0 rings (SSSR count). The summed E-state index contributed by atoms with van der Waals surface area (Å²) < 4.78 is 67.4. The lowest BCUT2D eigenvalue weighted by Gasteiger charge is -2.18. The highest BCUT2D eigenvalue weighted by Gasteiger charge is 2.24. The maximum Gasteiger partial charge on any atom is 0.309 e. The molecule has 26 heteroatoms. The molecule has 0 aliphatic rings. The highest BCUT2D eigenvalue weighted by molar-refractivity contribution is 8.00. The molecule has 4 atom stereocenters. The van der Waals surface area contributed by atoms with Crippen molar-refractivity contribution >= 4 is 106 Å². The van der Waals surface area contributed by atoms with Gasteiger partial charge in [-0.25, -0.2) is 0 Å². The third-order valence-electron chi connectivity index (χ3n) is 14.7. The van der Waals surface area contributed by atoms with Crippen molar-refractivity contribution in [3.05, 3.63) is 0 Å². The fourth-order valence-electron chi connectivity index (χ4n) is 9.61. The predicted molar refractivity (Wildman–Crippen MR) is 405 cm³/mol. The van der Waals surface area contributed by atoms with Crippen molar-refractivity contribution in [1.29, 1.82) is 0 Å². The van der Waals surface area contributed by atoms with Gasteiger partial charge in [-0.15, -0.1) is 0 Å². The van der Waals surface area contributed by atoms with Crippen molar-refractivity contribution < 1.29 is 95.8 Å². The smallest absolute Gasteiger partial charge is 0.309 e. The van der Waals surface area contributed by atoms with Crippen LogP contribution in [0.1, 0.15) is 197 Å². The second kappa shape index (κ2) is 72.5. The summed E-state index contributed by atoms with van der Waals surface area (Å²) in [5.41, 5.74) is 0. The first kappa shape index (κ1) is 96.6. The number of carbonyl (C=O) groups excluding carboxylic acids is 6. The maximum atomic E-state index is 12.9. The van der Waals surface area contributed by atoms with E-state index in [1.807, 2.05) is 51.2 Å². The van der Waals surface area contributed by atoms with Gasteiger partial charge in [0.15, 0.2) is 0 Å². The average Bonchev–Trinajstić information content (AvgIpc) is 2.08. The fourth-order valence-corrected chi connectivity index (χ4v) is 14.2. The van der Waals surface area contributed by atoms with Crippen molar-refractivity contribution in [3.8, 4) is 0 Å². The molecule has 4 unspecified atom stereocenters. The van der Waals surface area contributed by atoms with Crippen molar-refractivity contribution in [1.82, 2.24) is 0 Å². The quantitative estimate of drug-likeness (QED) is 0.0326. The van der Waals surface area contributed by atoms with Gasteiger partial charge in [0.1, 0.15) is 0 Å². The second-order valence-corrected chi connectivity index (χ2v) is 33.3. The Bertz CT molecular complexity index is 1730. The summed E-state index contributed by atoms with van der Waals surface area (Å²) in [5.74, 6) is 6.38. The average molecular weight is 1510 g/mol. The van der Waals surface area contributed by atoms with Crippen LogP contribution < -0.4 is 0 Å². The molecule has 0 aromatic carbocycles. The van der Waals surface area contributed by atoms with Crippen molar-refractivity contribution in [2.75, 3.05) is 176 Å². The van der Waals surface area contributed by atoms with Gasteiger partial charge in [-0.2, -0.15) is 70.6 Å². The molecular weight excluding hydrogens is 1380 g/mol. The number of hydrogen-bond acceptors (Lipinski definition) is 26. The van der Waals surface area contributed by atoms with E-state index < -0.39 is 0 Å². The van der Waals surface area contributed by atoms with Crippen LogP contribution in [0.5, 0.6) is 0 Å². The van der Waals surface area contributed by atoms with Crippen LogP contribution in [0.15, 0.2) is 0 Å². The van der Waals surface area contributed by atoms with Gasteiger partial charge < -0.3 is 67.1 Å². The molecule has 20 nitrogen and oxygen atoms in total. The van der Waals surface area contributed by atoms with Gasteiger partial charge in [-0.1, -0.05) is 27.7 Å². The van der Waals surface area contributed by atoms with Gasteiger partial charge in [0.2, 0.25) is 0 Å². The number of aliphatic hydroxyl groups excluding tert-OH is 2. The normalized spacial score (nSPS) is 12.9. The molecule has 0 saturated carbocycles. The van der Waals surface area contributed by atoms with Crippen molar-refractivity contribution in [2.24, 2.45) is 23.7 Å². The Hall–Kier alpha value is -1.40. The predicted octanol–water partition coefficient (Wildman–Crippen LogP) is 13.4. The monoisotopic (exact) mass is 1510 g/mol. The Labute approximate surface area is 617 Å². The Morgan fingerprint density at radius 3 is 0.827 bits per heavy atom. The van der Waals surface area contributed by atoms with Gasteiger partial charge in [0.05, 0.1) is 142 Å². The third-order valence-corrected chi connectivity index (χ3v) is 21.0. The molecule has 0 aliphatic heterocycles. The van der Waals surface area contributed by atoms with E-state index in [1.165, 1.54) is 0 Å². The molecule has 2 N–H and O–H groups in total. The number of carbonyl (C=O) groups is 6. The summed E-state index contributed by atoms with van der Waals surface area (Å²) in [6.07, 6.45) is 12.9. The minimum absolute atomic E-state index is 0.0291. The maximum absolute atomic E-state index is 12.9. The molecule has 0 spiro atoms. The summed E-state index contributed by atoms with van der Waals surface area (Å²) in [7, 11) is 0. The Morgan fingerprint density at radius 2 is 0.541 bits per heavy atom. The van der Waals surface area contributed by atoms with Crippen LogP contribution in [0.4, 0.5) is 0 Å². The first-order chi connectivity index (χ1) is 47.5. The zero-order chi connectivity index (χ0) is 72.2. The molecule has 0 bridgehead atoms. The van der Waals surface area contributed by atoms with Crippen LogP contribution in [0, 0.1) is 23.7 Å². The zero-order valence-electron chi connectivity index (χ0n) is 61.7. The van der Waals surface area contributed by atoms with Gasteiger partial charge in [-0.05, 0) is 190 Å². The SMILES string of the molecule is CC(C)OC(=O)C(CCCOC(=O)CCCCOC(=O)C(CCCO)CCCSCCOCCOCCSC(C)C)CCCSCCOCCOCCSCCCC(CCCOC(=O)CCCCOC(=O)C(CCCO)CCCSCCOCCOCCSC(C)C)C(=O)OC(C)C. The highest BCUT2D eigenvalue weighted by atomic mass is 32.2. The van der Waals surface area contributed by atoms with E-state index in [4.69, 9.17) is 56.8 Å². The minimum atomic E-state index is -0.312. The van der Waals surface area contributed by atoms with E-state index >= 15 is 0 Å². The largest absolute Gasteiger partial charge is 0.466 e. The lowest BCUT2D eigenvalue weighted by atomic mass is 9.98. The fraction of sp³-hybridized carbons (Fsp3) is 0.917. The molecule has 0 heterocycles. The first-order valence-corrected chi connectivity index (χ1v) is 43.5. The lowest BCUT2D eigenvalue weighted by molar-refractivity contribution is -0.154. The van der Waals surface area contributed by atoms with E-state index in [9.17, 15) is 39.0 Å². The molecule has 0 aliphatic carbocycles. The number of unbranched alkanes of at least 4 members (excludes halogenated alkanes) is 2. The van der Waals surface area contributed by atoms with Crippen LogP contribution in [0.3, 0.4) is 0 Å². The van der Waals surface area contributed by atoms with Crippen LogP contribution in [0.25, 0.3) is 0 Å². The summed E-state index contributed by atoms with van der Waals surface area (Å²) in [5, 5.41) is 20.0. The van der Waals surface area contributed by atoms with E-state index in [0.717, 1.165) is 96.4 Å². The second-order valence-electron chi connectivity index (χ2n) is 25.0. The number of thioether (sulfide) groups is 6. The molecule has 0 amide bonds.